The Kier molecular flexibility index (Phi) is 8.74. The number of ether oxygens (including phenoxy) is 2. The highest BCUT2D eigenvalue weighted by Gasteiger charge is 2.29. The topological polar surface area (TPSA) is 144 Å². The summed E-state index contributed by atoms with van der Waals surface area (Å²) in [4.78, 5) is 10.2. The molecule has 0 amide bonds. The minimum Gasteiger partial charge on any atom is -0.456 e. The Labute approximate surface area is 239 Å². The van der Waals surface area contributed by atoms with Crippen molar-refractivity contribution in [2.45, 2.75) is 69.1 Å². The SMILES string of the molecule is C=c1c(CCCC)cc2c(c1CCCC)Oc1cc(OC(C)=O)ccc1C=2c1ccc(S(=O)(=O)O)cc1S(=O)(=O)O. The molecule has 218 valence electrons. The Morgan fingerprint density at radius 3 is 2.17 bits per heavy atom. The number of aryl methyl sites for hydroxylation is 1. The highest BCUT2D eigenvalue weighted by atomic mass is 32.2. The van der Waals surface area contributed by atoms with Crippen molar-refractivity contribution in [3.8, 4) is 17.2 Å². The summed E-state index contributed by atoms with van der Waals surface area (Å²) in [5, 5.41) is 1.37. The Morgan fingerprint density at radius 1 is 0.902 bits per heavy atom. The molecular weight excluding hydrogens is 568 g/mol. The average Bonchev–Trinajstić information content (AvgIpc) is 2.88. The Morgan fingerprint density at radius 2 is 1.56 bits per heavy atom. The summed E-state index contributed by atoms with van der Waals surface area (Å²) in [6, 6.07) is 9.56. The van der Waals surface area contributed by atoms with Crippen molar-refractivity contribution in [2.24, 2.45) is 0 Å². The summed E-state index contributed by atoms with van der Waals surface area (Å²) in [6.07, 6.45) is 4.94. The quantitative estimate of drug-likeness (QED) is 0.152. The van der Waals surface area contributed by atoms with Crippen LogP contribution < -0.4 is 19.9 Å². The van der Waals surface area contributed by atoms with Gasteiger partial charge in [-0.3, -0.25) is 13.9 Å². The third kappa shape index (κ3) is 6.38. The number of carbonyl (C=O) groups is 1. The van der Waals surface area contributed by atoms with Gasteiger partial charge >= 0.3 is 5.97 Å². The lowest BCUT2D eigenvalue weighted by Crippen LogP contribution is -2.27. The highest BCUT2D eigenvalue weighted by Crippen LogP contribution is 2.41. The minimum absolute atomic E-state index is 0.00521. The van der Waals surface area contributed by atoms with Gasteiger partial charge in [0.25, 0.3) is 20.2 Å². The fourth-order valence-electron chi connectivity index (χ4n) is 4.98. The fraction of sp³-hybridized carbons (Fsp3) is 0.300. The summed E-state index contributed by atoms with van der Waals surface area (Å²) < 4.78 is 80.4. The van der Waals surface area contributed by atoms with Crippen LogP contribution in [0.3, 0.4) is 0 Å². The van der Waals surface area contributed by atoms with Crippen LogP contribution >= 0.6 is 0 Å². The first-order valence-corrected chi connectivity index (χ1v) is 16.1. The lowest BCUT2D eigenvalue weighted by atomic mass is 9.88. The number of esters is 1. The molecule has 1 aliphatic heterocycles. The standard InChI is InChI=1S/C30H32O9S2/c1-5-7-9-20-15-26-29(25-14-12-22(40(32,33)34)17-28(25)41(35,36)37)24-13-11-21(38-19(4)31)16-27(24)39-30(26)23(18(20)3)10-8-6-2/h11-17H,3,5-10H2,1-2,4H3,(H,32,33,34)(H,35,36,37). The van der Waals surface area contributed by atoms with Crippen LogP contribution in [0, 0.1) is 0 Å². The Balaban J connectivity index is 2.20. The molecule has 0 saturated heterocycles. The van der Waals surface area contributed by atoms with Crippen molar-refractivity contribution in [3.05, 3.63) is 75.2 Å². The van der Waals surface area contributed by atoms with Crippen LogP contribution in [0.1, 0.15) is 68.7 Å². The second-order valence-electron chi connectivity index (χ2n) is 9.91. The highest BCUT2D eigenvalue weighted by molar-refractivity contribution is 7.86. The van der Waals surface area contributed by atoms with Crippen LogP contribution in [0.5, 0.6) is 17.2 Å². The van der Waals surface area contributed by atoms with Gasteiger partial charge in [-0.1, -0.05) is 39.3 Å². The molecule has 0 aliphatic carbocycles. The van der Waals surface area contributed by atoms with Crippen LogP contribution in [0.15, 0.2) is 52.3 Å². The molecule has 3 aromatic carbocycles. The zero-order valence-corrected chi connectivity index (χ0v) is 24.7. The normalized spacial score (nSPS) is 12.9. The van der Waals surface area contributed by atoms with Gasteiger partial charge in [0.05, 0.1) is 4.90 Å². The van der Waals surface area contributed by atoms with Gasteiger partial charge < -0.3 is 9.47 Å². The predicted octanol–water partition coefficient (Wildman–Crippen LogP) is 4.55. The molecule has 41 heavy (non-hydrogen) atoms. The Bertz CT molecular complexity index is 1860. The zero-order chi connectivity index (χ0) is 30.1. The number of benzene rings is 3. The van der Waals surface area contributed by atoms with Crippen molar-refractivity contribution < 1.29 is 40.2 Å². The predicted molar refractivity (Wildman–Crippen MR) is 154 cm³/mol. The van der Waals surface area contributed by atoms with Gasteiger partial charge in [0.2, 0.25) is 0 Å². The van der Waals surface area contributed by atoms with E-state index in [1.165, 1.54) is 25.1 Å². The summed E-state index contributed by atoms with van der Waals surface area (Å²) in [6.45, 7) is 9.75. The van der Waals surface area contributed by atoms with E-state index in [0.717, 1.165) is 60.6 Å². The van der Waals surface area contributed by atoms with Crippen LogP contribution in [0.2, 0.25) is 0 Å². The number of fused-ring (bicyclic) bond motifs is 2. The summed E-state index contributed by atoms with van der Waals surface area (Å²) in [5.41, 5.74) is 2.60. The molecule has 11 heteroatoms. The van der Waals surface area contributed by atoms with Gasteiger partial charge in [0, 0.05) is 40.5 Å². The first-order valence-electron chi connectivity index (χ1n) is 13.2. The van der Waals surface area contributed by atoms with Crippen LogP contribution in [-0.4, -0.2) is 31.9 Å². The van der Waals surface area contributed by atoms with E-state index >= 15 is 0 Å². The summed E-state index contributed by atoms with van der Waals surface area (Å²) in [7, 11) is -9.75. The molecule has 9 nitrogen and oxygen atoms in total. The lowest BCUT2D eigenvalue weighted by molar-refractivity contribution is -0.131. The number of rotatable bonds is 10. The zero-order valence-electron chi connectivity index (χ0n) is 23.1. The molecule has 1 heterocycles. The maximum atomic E-state index is 12.6. The first kappa shape index (κ1) is 30.4. The molecule has 0 bridgehead atoms. The lowest BCUT2D eigenvalue weighted by Gasteiger charge is -2.26. The summed E-state index contributed by atoms with van der Waals surface area (Å²) >= 11 is 0. The number of hydrogen-bond donors (Lipinski definition) is 2. The van der Waals surface area contributed by atoms with Crippen LogP contribution in [0.25, 0.3) is 12.2 Å². The molecule has 0 aromatic heterocycles. The fourth-order valence-corrected chi connectivity index (χ4v) is 6.29. The molecule has 0 atom stereocenters. The maximum absolute atomic E-state index is 12.6. The molecule has 0 spiro atoms. The summed E-state index contributed by atoms with van der Waals surface area (Å²) in [5.74, 6) is 0.389. The third-order valence-corrected chi connectivity index (χ3v) is 8.68. The Hall–Kier alpha value is -3.51. The largest absolute Gasteiger partial charge is 0.456 e. The first-order chi connectivity index (χ1) is 19.3. The monoisotopic (exact) mass is 600 g/mol. The van der Waals surface area contributed by atoms with Crippen molar-refractivity contribution >= 4 is 38.4 Å². The molecule has 0 unspecified atom stereocenters. The number of unbranched alkanes of at least 4 members (excludes halogenated alkanes) is 2. The molecule has 2 N–H and O–H groups in total. The molecule has 0 saturated carbocycles. The van der Waals surface area contributed by atoms with Crippen LogP contribution in [0.4, 0.5) is 0 Å². The van der Waals surface area contributed by atoms with Gasteiger partial charge in [-0.05, 0) is 66.8 Å². The van der Waals surface area contributed by atoms with Gasteiger partial charge in [0.15, 0.2) is 0 Å². The van der Waals surface area contributed by atoms with Gasteiger partial charge in [-0.25, -0.2) is 0 Å². The smallest absolute Gasteiger partial charge is 0.308 e. The second-order valence-corrected chi connectivity index (χ2v) is 12.7. The van der Waals surface area contributed by atoms with Crippen molar-refractivity contribution in [1.29, 1.82) is 0 Å². The van der Waals surface area contributed by atoms with Crippen molar-refractivity contribution in [1.82, 2.24) is 0 Å². The van der Waals surface area contributed by atoms with Crippen LogP contribution in [-0.2, 0) is 37.9 Å². The molecule has 4 rings (SSSR count). The molecular formula is C30H32O9S2. The molecule has 3 aromatic rings. The minimum atomic E-state index is -4.97. The average molecular weight is 601 g/mol. The molecule has 1 aliphatic rings. The van der Waals surface area contributed by atoms with Gasteiger partial charge in [-0.2, -0.15) is 16.8 Å². The van der Waals surface area contributed by atoms with Gasteiger partial charge in [-0.15, -0.1) is 0 Å². The molecule has 0 fully saturated rings. The van der Waals surface area contributed by atoms with E-state index in [1.807, 2.05) is 6.07 Å². The van der Waals surface area contributed by atoms with E-state index in [4.69, 9.17) is 9.47 Å². The maximum Gasteiger partial charge on any atom is 0.308 e. The van der Waals surface area contributed by atoms with E-state index in [1.54, 1.807) is 6.07 Å². The van der Waals surface area contributed by atoms with Crippen molar-refractivity contribution in [3.63, 3.8) is 0 Å². The number of carbonyl (C=O) groups excluding carboxylic acids is 1. The van der Waals surface area contributed by atoms with E-state index < -0.39 is 36.0 Å². The van der Waals surface area contributed by atoms with E-state index in [9.17, 15) is 30.7 Å². The van der Waals surface area contributed by atoms with Crippen molar-refractivity contribution in [2.75, 3.05) is 0 Å². The van der Waals surface area contributed by atoms with E-state index in [0.29, 0.717) is 28.5 Å². The van der Waals surface area contributed by atoms with Gasteiger partial charge in [0.1, 0.15) is 22.1 Å². The third-order valence-electron chi connectivity index (χ3n) is 6.93. The second kappa shape index (κ2) is 11.8. The van der Waals surface area contributed by atoms with E-state index in [2.05, 4.69) is 20.4 Å². The molecule has 0 radical (unpaired) electrons. The van der Waals surface area contributed by atoms with E-state index in [-0.39, 0.29) is 17.1 Å². The number of hydrogen-bond acceptors (Lipinski definition) is 7.